The Morgan fingerprint density at radius 1 is 0.489 bits per heavy atom. The van der Waals surface area contributed by atoms with E-state index in [2.05, 4.69) is 60.0 Å². The fraction of sp³-hybridized carbons (Fsp3) is 0.0244. The molecule has 0 aliphatic carbocycles. The SMILES string of the molecule is C=CC(=O)Oc1ccc(-c2ccc(N(c3ccc(Oc4ccccc4)cc3)c3ccc(-c4ccc(OC(C)=O)cc4)cc3)cc2)cc1. The average molecular weight is 618 g/mol. The number of hydrogen-bond donors (Lipinski definition) is 0. The number of carbonyl (C=O) groups is 2. The Morgan fingerprint density at radius 2 is 0.851 bits per heavy atom. The largest absolute Gasteiger partial charge is 0.457 e. The lowest BCUT2D eigenvalue weighted by atomic mass is 10.0. The van der Waals surface area contributed by atoms with Gasteiger partial charge in [-0.25, -0.2) is 4.79 Å². The van der Waals surface area contributed by atoms with Crippen molar-refractivity contribution in [3.63, 3.8) is 0 Å². The maximum atomic E-state index is 11.5. The monoisotopic (exact) mass is 617 g/mol. The van der Waals surface area contributed by atoms with Gasteiger partial charge >= 0.3 is 11.9 Å². The minimum absolute atomic E-state index is 0.348. The fourth-order valence-corrected chi connectivity index (χ4v) is 5.10. The number of hydrogen-bond acceptors (Lipinski definition) is 6. The lowest BCUT2D eigenvalue weighted by Crippen LogP contribution is -2.09. The van der Waals surface area contributed by atoms with Gasteiger partial charge in [0.15, 0.2) is 0 Å². The number of nitrogens with zero attached hydrogens (tertiary/aromatic N) is 1. The maximum Gasteiger partial charge on any atom is 0.335 e. The highest BCUT2D eigenvalue weighted by atomic mass is 16.5. The Balaban J connectivity index is 1.29. The number of rotatable bonds is 10. The molecule has 0 fully saturated rings. The maximum absolute atomic E-state index is 11.5. The smallest absolute Gasteiger partial charge is 0.335 e. The third-order valence-corrected chi connectivity index (χ3v) is 7.35. The van der Waals surface area contributed by atoms with Gasteiger partial charge < -0.3 is 19.1 Å². The summed E-state index contributed by atoms with van der Waals surface area (Å²) in [4.78, 5) is 25.0. The van der Waals surface area contributed by atoms with Crippen LogP contribution in [0.1, 0.15) is 6.92 Å². The summed E-state index contributed by atoms with van der Waals surface area (Å²) >= 11 is 0. The molecule has 230 valence electrons. The van der Waals surface area contributed by atoms with Gasteiger partial charge in [-0.3, -0.25) is 4.79 Å². The first-order chi connectivity index (χ1) is 22.9. The predicted octanol–water partition coefficient (Wildman–Crippen LogP) is 10.3. The zero-order chi connectivity index (χ0) is 32.6. The van der Waals surface area contributed by atoms with Crippen molar-refractivity contribution >= 4 is 29.0 Å². The van der Waals surface area contributed by atoms with E-state index >= 15 is 0 Å². The van der Waals surface area contributed by atoms with E-state index in [1.54, 1.807) is 24.3 Å². The van der Waals surface area contributed by atoms with E-state index in [-0.39, 0.29) is 5.97 Å². The number of carbonyl (C=O) groups excluding carboxylic acids is 2. The second kappa shape index (κ2) is 14.1. The molecular weight excluding hydrogens is 586 g/mol. The Bertz CT molecular complexity index is 1970. The molecule has 47 heavy (non-hydrogen) atoms. The van der Waals surface area contributed by atoms with Gasteiger partial charge in [-0.1, -0.05) is 73.3 Å². The van der Waals surface area contributed by atoms with Gasteiger partial charge in [0.2, 0.25) is 0 Å². The van der Waals surface area contributed by atoms with Gasteiger partial charge in [-0.2, -0.15) is 0 Å². The highest BCUT2D eigenvalue weighted by Gasteiger charge is 2.14. The van der Waals surface area contributed by atoms with Gasteiger partial charge in [0.25, 0.3) is 0 Å². The first-order valence-corrected chi connectivity index (χ1v) is 15.0. The summed E-state index contributed by atoms with van der Waals surface area (Å²) < 4.78 is 16.4. The Labute approximate surface area is 273 Å². The van der Waals surface area contributed by atoms with Crippen LogP contribution in [-0.4, -0.2) is 11.9 Å². The molecule has 0 aromatic heterocycles. The Morgan fingerprint density at radius 3 is 1.28 bits per heavy atom. The van der Waals surface area contributed by atoms with E-state index in [0.717, 1.165) is 56.9 Å². The van der Waals surface area contributed by atoms with Crippen LogP contribution in [-0.2, 0) is 9.59 Å². The highest BCUT2D eigenvalue weighted by molar-refractivity contribution is 5.84. The minimum Gasteiger partial charge on any atom is -0.457 e. The van der Waals surface area contributed by atoms with E-state index < -0.39 is 5.97 Å². The predicted molar refractivity (Wildman–Crippen MR) is 186 cm³/mol. The molecule has 6 heteroatoms. The van der Waals surface area contributed by atoms with Crippen molar-refractivity contribution in [2.75, 3.05) is 4.90 Å². The van der Waals surface area contributed by atoms with Gasteiger partial charge in [0.1, 0.15) is 23.0 Å². The van der Waals surface area contributed by atoms with Crippen LogP contribution < -0.4 is 19.1 Å². The third kappa shape index (κ3) is 7.64. The molecule has 6 rings (SSSR count). The molecule has 0 N–H and O–H groups in total. The molecule has 0 atom stereocenters. The van der Waals surface area contributed by atoms with Crippen LogP contribution in [0.4, 0.5) is 17.1 Å². The number of ether oxygens (including phenoxy) is 3. The number of benzene rings is 6. The average Bonchev–Trinajstić information content (AvgIpc) is 3.11. The molecule has 6 aromatic rings. The molecule has 0 amide bonds. The fourth-order valence-electron chi connectivity index (χ4n) is 5.10. The summed E-state index contributed by atoms with van der Waals surface area (Å²) in [7, 11) is 0. The molecule has 6 nitrogen and oxygen atoms in total. The molecular formula is C41H31NO5. The topological polar surface area (TPSA) is 65.1 Å². The van der Waals surface area contributed by atoms with Crippen molar-refractivity contribution in [3.8, 4) is 45.3 Å². The van der Waals surface area contributed by atoms with Gasteiger partial charge in [-0.05, 0) is 107 Å². The van der Waals surface area contributed by atoms with Crippen molar-refractivity contribution in [1.82, 2.24) is 0 Å². The van der Waals surface area contributed by atoms with Crippen LogP contribution in [0.25, 0.3) is 22.3 Å². The molecule has 0 unspecified atom stereocenters. The molecule has 0 heterocycles. The molecule has 0 radical (unpaired) electrons. The van der Waals surface area contributed by atoms with Crippen molar-refractivity contribution in [3.05, 3.63) is 164 Å². The standard InChI is InChI=1S/C41H31NO5/c1-3-41(44)47-40-25-15-33(16-26-40)31-11-19-35(20-12-31)42(36-21-27-39(28-22-36)46-37-7-5-4-6-8-37)34-17-9-30(10-18-34)32-13-23-38(24-14-32)45-29(2)43/h3-28H,1H2,2H3. The Hall–Kier alpha value is -6.40. The van der Waals surface area contributed by atoms with Crippen molar-refractivity contribution in [1.29, 1.82) is 0 Å². The lowest BCUT2D eigenvalue weighted by molar-refractivity contribution is -0.132. The van der Waals surface area contributed by atoms with Gasteiger partial charge in [0.05, 0.1) is 0 Å². The van der Waals surface area contributed by atoms with Crippen LogP contribution in [0.5, 0.6) is 23.0 Å². The van der Waals surface area contributed by atoms with E-state index in [1.165, 1.54) is 6.92 Å². The molecule has 0 saturated heterocycles. The van der Waals surface area contributed by atoms with Crippen molar-refractivity contribution in [2.24, 2.45) is 0 Å². The quantitative estimate of drug-likeness (QED) is 0.0866. The summed E-state index contributed by atoms with van der Waals surface area (Å²) in [6.45, 7) is 4.83. The van der Waals surface area contributed by atoms with Crippen LogP contribution in [0.3, 0.4) is 0 Å². The molecule has 0 saturated carbocycles. The normalized spacial score (nSPS) is 10.5. The third-order valence-electron chi connectivity index (χ3n) is 7.35. The van der Waals surface area contributed by atoms with Gasteiger partial charge in [0, 0.05) is 30.1 Å². The summed E-state index contributed by atoms with van der Waals surface area (Å²) in [5.74, 6) is 1.65. The van der Waals surface area contributed by atoms with Crippen molar-refractivity contribution in [2.45, 2.75) is 6.92 Å². The molecule has 0 aliphatic rings. The Kier molecular flexibility index (Phi) is 9.21. The first-order valence-electron chi connectivity index (χ1n) is 15.0. The molecule has 0 spiro atoms. The number of para-hydroxylation sites is 1. The van der Waals surface area contributed by atoms with E-state index in [1.807, 2.05) is 78.9 Å². The summed E-state index contributed by atoms with van der Waals surface area (Å²) in [5.41, 5.74) is 6.97. The van der Waals surface area contributed by atoms with E-state index in [0.29, 0.717) is 11.5 Å². The number of anilines is 3. The first kappa shape index (κ1) is 30.6. The van der Waals surface area contributed by atoms with Crippen LogP contribution in [0, 0.1) is 0 Å². The molecule has 6 aromatic carbocycles. The summed E-state index contributed by atoms with van der Waals surface area (Å²) in [5, 5.41) is 0. The van der Waals surface area contributed by atoms with Crippen molar-refractivity contribution < 1.29 is 23.8 Å². The summed E-state index contributed by atoms with van der Waals surface area (Å²) in [6, 6.07) is 49.1. The minimum atomic E-state index is -0.493. The lowest BCUT2D eigenvalue weighted by Gasteiger charge is -2.26. The second-order valence-electron chi connectivity index (χ2n) is 10.6. The van der Waals surface area contributed by atoms with Gasteiger partial charge in [-0.15, -0.1) is 0 Å². The second-order valence-corrected chi connectivity index (χ2v) is 10.6. The van der Waals surface area contributed by atoms with Crippen LogP contribution >= 0.6 is 0 Å². The molecule has 0 aliphatic heterocycles. The van der Waals surface area contributed by atoms with Crippen LogP contribution in [0.15, 0.2) is 164 Å². The van der Waals surface area contributed by atoms with Crippen LogP contribution in [0.2, 0.25) is 0 Å². The van der Waals surface area contributed by atoms with E-state index in [4.69, 9.17) is 14.2 Å². The highest BCUT2D eigenvalue weighted by Crippen LogP contribution is 2.38. The number of esters is 2. The zero-order valence-electron chi connectivity index (χ0n) is 25.7. The van der Waals surface area contributed by atoms with E-state index in [9.17, 15) is 9.59 Å². The zero-order valence-corrected chi connectivity index (χ0v) is 25.7. The molecule has 0 bridgehead atoms. The summed E-state index contributed by atoms with van der Waals surface area (Å²) in [6.07, 6.45) is 1.14.